The van der Waals surface area contributed by atoms with Gasteiger partial charge in [0.15, 0.2) is 17.6 Å². The highest BCUT2D eigenvalue weighted by molar-refractivity contribution is 6.42. The predicted molar refractivity (Wildman–Crippen MR) is 121 cm³/mol. The zero-order chi connectivity index (χ0) is 22.2. The summed E-state index contributed by atoms with van der Waals surface area (Å²) < 4.78 is 29.0. The normalized spacial score (nSPS) is 24.5. The second-order valence-corrected chi connectivity index (χ2v) is 8.34. The number of hydrogen-bond acceptors (Lipinski definition) is 8. The number of nitrogens with zero attached hydrogens (tertiary/aromatic N) is 2. The van der Waals surface area contributed by atoms with E-state index in [0.717, 1.165) is 11.1 Å². The van der Waals surface area contributed by atoms with Crippen molar-refractivity contribution in [1.82, 2.24) is 9.97 Å². The summed E-state index contributed by atoms with van der Waals surface area (Å²) in [6.45, 7) is 0.891. The van der Waals surface area contributed by atoms with Crippen LogP contribution in [0.1, 0.15) is 0 Å². The van der Waals surface area contributed by atoms with E-state index in [0.29, 0.717) is 46.1 Å². The molecule has 2 fully saturated rings. The van der Waals surface area contributed by atoms with Gasteiger partial charge in [-0.3, -0.25) is 0 Å². The fourth-order valence-corrected chi connectivity index (χ4v) is 4.32. The van der Waals surface area contributed by atoms with Crippen LogP contribution in [-0.4, -0.2) is 61.8 Å². The minimum Gasteiger partial charge on any atom is -0.493 e. The molecule has 0 aliphatic carbocycles. The van der Waals surface area contributed by atoms with Crippen LogP contribution in [0, 0.1) is 0 Å². The molecule has 2 aliphatic heterocycles. The van der Waals surface area contributed by atoms with E-state index in [2.05, 4.69) is 15.3 Å². The fourth-order valence-electron chi connectivity index (χ4n) is 4.02. The number of nitrogens with one attached hydrogen (secondary N) is 1. The lowest BCUT2D eigenvalue weighted by molar-refractivity contribution is -0.0140. The van der Waals surface area contributed by atoms with E-state index in [1.807, 2.05) is 18.2 Å². The molecule has 2 saturated heterocycles. The minimum atomic E-state index is -0.276. The van der Waals surface area contributed by atoms with E-state index in [1.165, 1.54) is 6.33 Å². The van der Waals surface area contributed by atoms with Crippen LogP contribution in [0.15, 0.2) is 36.7 Å². The van der Waals surface area contributed by atoms with Crippen molar-refractivity contribution in [3.63, 3.8) is 0 Å². The molecule has 0 amide bonds. The number of hydrogen-bond donors (Lipinski definition) is 1. The average Bonchev–Trinajstić information content (AvgIpc) is 3.39. The van der Waals surface area contributed by atoms with Crippen LogP contribution in [0.2, 0.25) is 10.0 Å². The number of ether oxygens (including phenoxy) is 5. The molecule has 1 N–H and O–H groups in total. The maximum Gasteiger partial charge on any atom is 0.164 e. The number of anilines is 2. The Labute approximate surface area is 194 Å². The van der Waals surface area contributed by atoms with Crippen LogP contribution in [-0.2, 0) is 14.2 Å². The van der Waals surface area contributed by atoms with Gasteiger partial charge < -0.3 is 29.0 Å². The van der Waals surface area contributed by atoms with Crippen LogP contribution in [0.3, 0.4) is 0 Å². The van der Waals surface area contributed by atoms with Gasteiger partial charge in [0, 0.05) is 24.2 Å². The van der Waals surface area contributed by atoms with Gasteiger partial charge in [0.1, 0.15) is 30.5 Å². The second-order valence-electron chi connectivity index (χ2n) is 7.52. The highest BCUT2D eigenvalue weighted by atomic mass is 35.5. The topological polar surface area (TPSA) is 84.0 Å². The quantitative estimate of drug-likeness (QED) is 0.563. The minimum absolute atomic E-state index is 0.0881. The lowest BCUT2D eigenvalue weighted by Crippen LogP contribution is -2.35. The summed E-state index contributed by atoms with van der Waals surface area (Å²) in [4.78, 5) is 8.78. The fraction of sp³-hybridized carbons (Fsp3) is 0.364. The lowest BCUT2D eigenvalue weighted by atomic mass is 10.1. The number of benzene rings is 2. The first-order chi connectivity index (χ1) is 15.6. The van der Waals surface area contributed by atoms with Crippen molar-refractivity contribution in [2.45, 2.75) is 24.4 Å². The van der Waals surface area contributed by atoms with Crippen LogP contribution >= 0.6 is 23.2 Å². The van der Waals surface area contributed by atoms with E-state index in [9.17, 15) is 0 Å². The molecule has 32 heavy (non-hydrogen) atoms. The predicted octanol–water partition coefficient (Wildman–Crippen LogP) is 4.25. The number of fused-ring (bicyclic) bond motifs is 2. The number of methoxy groups -OCH3 is 2. The molecule has 4 atom stereocenters. The van der Waals surface area contributed by atoms with E-state index in [1.54, 1.807) is 26.4 Å². The molecule has 1 unspecified atom stereocenters. The highest BCUT2D eigenvalue weighted by Crippen LogP contribution is 2.38. The van der Waals surface area contributed by atoms with Gasteiger partial charge in [0.2, 0.25) is 0 Å². The molecule has 2 aliphatic rings. The maximum absolute atomic E-state index is 6.26. The number of halogens is 2. The Hall–Kier alpha value is -2.36. The first-order valence-electron chi connectivity index (χ1n) is 10.0. The average molecular weight is 478 g/mol. The van der Waals surface area contributed by atoms with E-state index < -0.39 is 0 Å². The summed E-state index contributed by atoms with van der Waals surface area (Å²) in [6, 6.07) is 8.94. The third-order valence-electron chi connectivity index (χ3n) is 5.65. The Balaban J connectivity index is 1.43. The Morgan fingerprint density at radius 1 is 0.938 bits per heavy atom. The number of rotatable bonds is 6. The molecule has 1 aromatic heterocycles. The monoisotopic (exact) mass is 477 g/mol. The first-order valence-corrected chi connectivity index (χ1v) is 10.8. The van der Waals surface area contributed by atoms with E-state index in [-0.39, 0.29) is 24.4 Å². The van der Waals surface area contributed by atoms with Crippen molar-refractivity contribution in [3.8, 4) is 11.5 Å². The molecule has 0 radical (unpaired) electrons. The van der Waals surface area contributed by atoms with Gasteiger partial charge in [-0.15, -0.1) is 0 Å². The molecule has 2 aromatic carbocycles. The summed E-state index contributed by atoms with van der Waals surface area (Å²) in [7, 11) is 3.24. The summed E-state index contributed by atoms with van der Waals surface area (Å²) in [5, 5.41) is 4.95. The van der Waals surface area contributed by atoms with Crippen molar-refractivity contribution < 1.29 is 23.7 Å². The lowest BCUT2D eigenvalue weighted by Gasteiger charge is -2.20. The Kier molecular flexibility index (Phi) is 5.96. The van der Waals surface area contributed by atoms with E-state index >= 15 is 0 Å². The van der Waals surface area contributed by atoms with Crippen molar-refractivity contribution in [2.24, 2.45) is 0 Å². The van der Waals surface area contributed by atoms with Gasteiger partial charge in [-0.1, -0.05) is 23.2 Å². The molecule has 168 valence electrons. The Morgan fingerprint density at radius 3 is 2.47 bits per heavy atom. The largest absolute Gasteiger partial charge is 0.493 e. The molecule has 10 heteroatoms. The molecule has 8 nitrogen and oxygen atoms in total. The molecule has 3 heterocycles. The first kappa shape index (κ1) is 21.5. The zero-order valence-electron chi connectivity index (χ0n) is 17.4. The third-order valence-corrected chi connectivity index (χ3v) is 6.39. The standard InChI is InChI=1S/C22H21Cl2N3O5/c1-28-16-6-12-15(25-10-26-22(12)27-11-3-4-13(23)14(24)5-11)7-17(16)32-19-9-31-20-18(29-2)8-30-21(19)20/h3-7,10,18-21H,8-9H2,1-2H3,(H,25,26,27)/t18-,19?,20+,21+/m0/s1. The van der Waals surface area contributed by atoms with E-state index in [4.69, 9.17) is 46.9 Å². The molecular weight excluding hydrogens is 457 g/mol. The molecule has 0 bridgehead atoms. The van der Waals surface area contributed by atoms with Crippen molar-refractivity contribution >= 4 is 45.6 Å². The smallest absolute Gasteiger partial charge is 0.164 e. The van der Waals surface area contributed by atoms with Crippen LogP contribution in [0.5, 0.6) is 11.5 Å². The van der Waals surface area contributed by atoms with Crippen molar-refractivity contribution in [3.05, 3.63) is 46.7 Å². The molecular formula is C22H21Cl2N3O5. The molecule has 0 saturated carbocycles. The molecule has 0 spiro atoms. The number of aromatic nitrogens is 2. The summed E-state index contributed by atoms with van der Waals surface area (Å²) in [6.07, 6.45) is 0.784. The zero-order valence-corrected chi connectivity index (χ0v) is 18.9. The van der Waals surface area contributed by atoms with Crippen LogP contribution in [0.4, 0.5) is 11.5 Å². The third kappa shape index (κ3) is 3.93. The summed E-state index contributed by atoms with van der Waals surface area (Å²) >= 11 is 12.1. The van der Waals surface area contributed by atoms with Crippen LogP contribution < -0.4 is 14.8 Å². The Morgan fingerprint density at radius 2 is 1.72 bits per heavy atom. The van der Waals surface area contributed by atoms with Gasteiger partial charge >= 0.3 is 0 Å². The second kappa shape index (κ2) is 8.88. The van der Waals surface area contributed by atoms with Crippen molar-refractivity contribution in [1.29, 1.82) is 0 Å². The molecule has 3 aromatic rings. The van der Waals surface area contributed by atoms with Gasteiger partial charge in [-0.2, -0.15) is 0 Å². The molecule has 5 rings (SSSR count). The van der Waals surface area contributed by atoms with Gasteiger partial charge in [-0.25, -0.2) is 9.97 Å². The summed E-state index contributed by atoms with van der Waals surface area (Å²) in [5.41, 5.74) is 1.44. The van der Waals surface area contributed by atoms with Gasteiger partial charge in [0.25, 0.3) is 0 Å². The SMILES string of the molecule is COc1cc2c(Nc3ccc(Cl)c(Cl)c3)ncnc2cc1OC1CO[C@@H]2[C@@H](OC)CO[C@H]12. The van der Waals surface area contributed by atoms with Crippen LogP contribution in [0.25, 0.3) is 10.9 Å². The Bertz CT molecular complexity index is 1150. The van der Waals surface area contributed by atoms with Gasteiger partial charge in [0.05, 0.1) is 35.9 Å². The maximum atomic E-state index is 6.26. The highest BCUT2D eigenvalue weighted by Gasteiger charge is 2.49. The summed E-state index contributed by atoms with van der Waals surface area (Å²) in [5.74, 6) is 1.71. The van der Waals surface area contributed by atoms with Gasteiger partial charge in [-0.05, 0) is 24.3 Å². The van der Waals surface area contributed by atoms with Crippen molar-refractivity contribution in [2.75, 3.05) is 32.8 Å².